The van der Waals surface area contributed by atoms with Gasteiger partial charge in [0.05, 0.1) is 23.5 Å². The van der Waals surface area contributed by atoms with Crippen molar-refractivity contribution in [3.63, 3.8) is 0 Å². The average Bonchev–Trinajstić information content (AvgIpc) is 3.38. The quantitative estimate of drug-likeness (QED) is 0.470. The van der Waals surface area contributed by atoms with E-state index in [1.54, 1.807) is 30.8 Å². The van der Waals surface area contributed by atoms with Gasteiger partial charge >= 0.3 is 6.18 Å². The molecule has 0 fully saturated rings. The van der Waals surface area contributed by atoms with Gasteiger partial charge in [-0.15, -0.1) is 0 Å². The first-order chi connectivity index (χ1) is 15.5. The van der Waals surface area contributed by atoms with Crippen molar-refractivity contribution in [2.24, 2.45) is 11.1 Å². The van der Waals surface area contributed by atoms with Crippen molar-refractivity contribution in [2.75, 3.05) is 0 Å². The first-order valence-corrected chi connectivity index (χ1v) is 10.0. The van der Waals surface area contributed by atoms with E-state index in [1.165, 1.54) is 12.4 Å². The number of hydrogen-bond donors (Lipinski definition) is 1. The molecule has 1 aromatic carbocycles. The van der Waals surface area contributed by atoms with Crippen LogP contribution in [0.5, 0.6) is 0 Å². The lowest BCUT2D eigenvalue weighted by atomic mass is 9.93. The van der Waals surface area contributed by atoms with E-state index in [-0.39, 0.29) is 0 Å². The van der Waals surface area contributed by atoms with Crippen LogP contribution in [0.1, 0.15) is 19.4 Å². The van der Waals surface area contributed by atoms with Crippen molar-refractivity contribution in [1.82, 2.24) is 19.4 Å². The third kappa shape index (κ3) is 4.75. The molecule has 0 aliphatic carbocycles. The Bertz CT molecular complexity index is 1390. The van der Waals surface area contributed by atoms with E-state index in [1.807, 2.05) is 36.4 Å². The second kappa shape index (κ2) is 8.13. The molecule has 33 heavy (non-hydrogen) atoms. The fourth-order valence-corrected chi connectivity index (χ4v) is 3.27. The van der Waals surface area contributed by atoms with Crippen LogP contribution < -0.4 is 5.73 Å². The molecule has 0 spiro atoms. The highest BCUT2D eigenvalue weighted by molar-refractivity contribution is 5.87. The number of benzene rings is 1. The minimum Gasteiger partial charge on any atom is -0.368 e. The van der Waals surface area contributed by atoms with Gasteiger partial charge in [0.2, 0.25) is 5.91 Å². The van der Waals surface area contributed by atoms with Crippen LogP contribution in [0, 0.1) is 17.3 Å². The zero-order valence-corrected chi connectivity index (χ0v) is 17.9. The molecule has 6 nitrogen and oxygen atoms in total. The van der Waals surface area contributed by atoms with Gasteiger partial charge in [0, 0.05) is 23.5 Å². The summed E-state index contributed by atoms with van der Waals surface area (Å²) in [4.78, 5) is 11.6. The van der Waals surface area contributed by atoms with Gasteiger partial charge in [-0.25, -0.2) is 4.52 Å². The van der Waals surface area contributed by atoms with Crippen molar-refractivity contribution in [3.05, 3.63) is 66.7 Å². The number of amides is 1. The summed E-state index contributed by atoms with van der Waals surface area (Å²) in [5.74, 6) is 5.47. The first kappa shape index (κ1) is 22.1. The maximum atomic E-state index is 12.6. The van der Waals surface area contributed by atoms with E-state index < -0.39 is 24.0 Å². The van der Waals surface area contributed by atoms with Crippen LogP contribution in [0.15, 0.2) is 61.2 Å². The zero-order chi connectivity index (χ0) is 23.8. The summed E-state index contributed by atoms with van der Waals surface area (Å²) in [5, 5.41) is 8.18. The number of nitrogens with two attached hydrogens (primary N) is 1. The van der Waals surface area contributed by atoms with Gasteiger partial charge in [0.1, 0.15) is 12.0 Å². The molecule has 0 unspecified atom stereocenters. The molecule has 2 N–H and O–H groups in total. The van der Waals surface area contributed by atoms with E-state index in [0.717, 1.165) is 26.9 Å². The maximum Gasteiger partial charge on any atom is 0.408 e. The monoisotopic (exact) mass is 451 g/mol. The summed E-state index contributed by atoms with van der Waals surface area (Å²) in [5.41, 5.74) is 8.93. The van der Waals surface area contributed by atoms with E-state index in [0.29, 0.717) is 11.1 Å². The summed E-state index contributed by atoms with van der Waals surface area (Å²) in [6, 6.07) is 11.0. The zero-order valence-electron chi connectivity index (χ0n) is 17.9. The van der Waals surface area contributed by atoms with E-state index >= 15 is 0 Å². The Morgan fingerprint density at radius 3 is 2.39 bits per heavy atom. The van der Waals surface area contributed by atoms with Gasteiger partial charge in [-0.2, -0.15) is 23.4 Å². The molecule has 0 bridgehead atoms. The molecule has 168 valence electrons. The lowest BCUT2D eigenvalue weighted by Crippen LogP contribution is -2.29. The summed E-state index contributed by atoms with van der Waals surface area (Å²) in [6.45, 7) is 2.19. The van der Waals surface area contributed by atoms with Gasteiger partial charge in [-0.1, -0.05) is 36.1 Å². The summed E-state index contributed by atoms with van der Waals surface area (Å²) in [7, 11) is 0. The Kier molecular flexibility index (Phi) is 5.46. The molecule has 9 heteroatoms. The Balaban J connectivity index is 1.68. The second-order valence-electron chi connectivity index (χ2n) is 8.13. The van der Waals surface area contributed by atoms with Crippen LogP contribution in [-0.4, -0.2) is 31.5 Å². The van der Waals surface area contributed by atoms with Crippen LogP contribution in [0.4, 0.5) is 13.2 Å². The number of halogens is 3. The average molecular weight is 451 g/mol. The maximum absolute atomic E-state index is 12.6. The number of fused-ring (bicyclic) bond motifs is 1. The number of rotatable bonds is 4. The number of pyridine rings is 1. The second-order valence-corrected chi connectivity index (χ2v) is 8.13. The standard InChI is InChI=1S/C24H20F3N5O/c1-23(2,22(28)33)10-9-18-4-3-11-32-21(18)20(13-30-32)17-7-5-16(6-8-17)19-12-29-31(14-19)15-24(25,26)27/h3-8,11-14H,15H2,1-2H3,(H2,28,33). The summed E-state index contributed by atoms with van der Waals surface area (Å²) in [6.07, 6.45) is 1.96. The first-order valence-electron chi connectivity index (χ1n) is 10.0. The number of aromatic nitrogens is 4. The highest BCUT2D eigenvalue weighted by Crippen LogP contribution is 2.30. The summed E-state index contributed by atoms with van der Waals surface area (Å²) >= 11 is 0. The van der Waals surface area contributed by atoms with Crippen LogP contribution >= 0.6 is 0 Å². The third-order valence-electron chi connectivity index (χ3n) is 5.17. The van der Waals surface area contributed by atoms with Crippen molar-refractivity contribution in [3.8, 4) is 34.1 Å². The van der Waals surface area contributed by atoms with Crippen LogP contribution in [-0.2, 0) is 11.3 Å². The van der Waals surface area contributed by atoms with Gasteiger partial charge in [0.25, 0.3) is 0 Å². The molecule has 3 heterocycles. The SMILES string of the molecule is CC(C)(C#Cc1cccn2ncc(-c3ccc(-c4cnn(CC(F)(F)F)c4)cc3)c12)C(N)=O. The Labute approximate surface area is 187 Å². The molecule has 0 aliphatic rings. The van der Waals surface area contributed by atoms with E-state index in [4.69, 9.17) is 5.73 Å². The Hall–Kier alpha value is -4.06. The summed E-state index contributed by atoms with van der Waals surface area (Å²) < 4.78 is 40.3. The molecule has 0 radical (unpaired) electrons. The Morgan fingerprint density at radius 2 is 1.73 bits per heavy atom. The number of primary amides is 1. The van der Waals surface area contributed by atoms with Crippen LogP contribution in [0.25, 0.3) is 27.8 Å². The van der Waals surface area contributed by atoms with Gasteiger partial charge < -0.3 is 5.73 Å². The number of nitrogens with zero attached hydrogens (tertiary/aromatic N) is 4. The van der Waals surface area contributed by atoms with Gasteiger partial charge in [-0.3, -0.25) is 9.48 Å². The highest BCUT2D eigenvalue weighted by atomic mass is 19.4. The number of carbonyl (C=O) groups excluding carboxylic acids is 1. The molecule has 4 rings (SSSR count). The minimum atomic E-state index is -4.33. The largest absolute Gasteiger partial charge is 0.408 e. The third-order valence-corrected chi connectivity index (χ3v) is 5.17. The topological polar surface area (TPSA) is 78.2 Å². The van der Waals surface area contributed by atoms with Crippen molar-refractivity contribution in [2.45, 2.75) is 26.6 Å². The molecule has 0 saturated heterocycles. The molecule has 0 saturated carbocycles. The van der Waals surface area contributed by atoms with Crippen LogP contribution in [0.3, 0.4) is 0 Å². The van der Waals surface area contributed by atoms with Crippen molar-refractivity contribution in [1.29, 1.82) is 0 Å². The van der Waals surface area contributed by atoms with E-state index in [9.17, 15) is 18.0 Å². The fraction of sp³-hybridized carbons (Fsp3) is 0.208. The van der Waals surface area contributed by atoms with Gasteiger partial charge in [0.15, 0.2) is 0 Å². The lowest BCUT2D eigenvalue weighted by molar-refractivity contribution is -0.142. The molecule has 4 aromatic rings. The molecule has 1 amide bonds. The highest BCUT2D eigenvalue weighted by Gasteiger charge is 2.28. The van der Waals surface area contributed by atoms with E-state index in [2.05, 4.69) is 22.0 Å². The predicted octanol–water partition coefficient (Wildman–Crippen LogP) is 4.29. The number of alkyl halides is 3. The normalized spacial score (nSPS) is 11.9. The predicted molar refractivity (Wildman–Crippen MR) is 118 cm³/mol. The molecular weight excluding hydrogens is 431 g/mol. The molecule has 0 atom stereocenters. The molecule has 0 aliphatic heterocycles. The Morgan fingerprint density at radius 1 is 1.03 bits per heavy atom. The lowest BCUT2D eigenvalue weighted by Gasteiger charge is -2.11. The molecule has 3 aromatic heterocycles. The molecular formula is C24H20F3N5O. The fourth-order valence-electron chi connectivity index (χ4n) is 3.27. The number of hydrogen-bond acceptors (Lipinski definition) is 3. The smallest absolute Gasteiger partial charge is 0.368 e. The van der Waals surface area contributed by atoms with Gasteiger partial charge in [-0.05, 0) is 37.1 Å². The van der Waals surface area contributed by atoms with Crippen molar-refractivity contribution >= 4 is 11.4 Å². The van der Waals surface area contributed by atoms with Crippen LogP contribution in [0.2, 0.25) is 0 Å². The minimum absolute atomic E-state index is 0.509. The van der Waals surface area contributed by atoms with Crippen molar-refractivity contribution < 1.29 is 18.0 Å². The number of carbonyl (C=O) groups is 1.